The van der Waals surface area contributed by atoms with Crippen molar-refractivity contribution in [3.63, 3.8) is 0 Å². The van der Waals surface area contributed by atoms with Gasteiger partial charge in [-0.2, -0.15) is 5.10 Å². The fourth-order valence-electron chi connectivity index (χ4n) is 2.26. The topological polar surface area (TPSA) is 70.6 Å². The Hall–Kier alpha value is -2.89. The van der Waals surface area contributed by atoms with Crippen LogP contribution in [0.25, 0.3) is 10.8 Å². The lowest BCUT2D eigenvalue weighted by atomic mass is 10.1. The van der Waals surface area contributed by atoms with Gasteiger partial charge in [-0.3, -0.25) is 9.59 Å². The highest BCUT2D eigenvalue weighted by atomic mass is 35.5. The van der Waals surface area contributed by atoms with Crippen LogP contribution in [0.2, 0.25) is 10.0 Å². The fourth-order valence-corrected chi connectivity index (χ4v) is 2.57. The number of hydrazone groups is 1. The molecule has 0 aliphatic rings. The lowest BCUT2D eigenvalue weighted by Crippen LogP contribution is -2.32. The lowest BCUT2D eigenvalue weighted by Gasteiger charge is -2.05. The van der Waals surface area contributed by atoms with Crippen LogP contribution in [0.3, 0.4) is 0 Å². The van der Waals surface area contributed by atoms with Crippen LogP contribution in [0.5, 0.6) is 0 Å². The van der Waals surface area contributed by atoms with Gasteiger partial charge in [0.05, 0.1) is 16.3 Å². The SMILES string of the molecule is O=C(N/N=C\c1ccc(Cl)c(Cl)c1)C(=O)Nc1ccc2ccccc2c1. The van der Waals surface area contributed by atoms with Gasteiger partial charge in [-0.25, -0.2) is 5.43 Å². The van der Waals surface area contributed by atoms with Gasteiger partial charge >= 0.3 is 11.8 Å². The Morgan fingerprint density at radius 2 is 1.62 bits per heavy atom. The molecule has 3 aromatic carbocycles. The van der Waals surface area contributed by atoms with Crippen molar-refractivity contribution in [3.05, 3.63) is 76.3 Å². The summed E-state index contributed by atoms with van der Waals surface area (Å²) >= 11 is 11.7. The van der Waals surface area contributed by atoms with Gasteiger partial charge in [-0.1, -0.05) is 59.6 Å². The Kier molecular flexibility index (Phi) is 5.51. The minimum absolute atomic E-state index is 0.371. The van der Waals surface area contributed by atoms with Crippen LogP contribution < -0.4 is 10.7 Å². The lowest BCUT2D eigenvalue weighted by molar-refractivity contribution is -0.136. The molecule has 0 aromatic heterocycles. The molecule has 2 N–H and O–H groups in total. The molecule has 5 nitrogen and oxygen atoms in total. The summed E-state index contributed by atoms with van der Waals surface area (Å²) in [7, 11) is 0. The third kappa shape index (κ3) is 4.39. The van der Waals surface area contributed by atoms with Crippen LogP contribution in [0.1, 0.15) is 5.56 Å². The van der Waals surface area contributed by atoms with Crippen LogP contribution in [0.4, 0.5) is 5.69 Å². The highest BCUT2D eigenvalue weighted by Crippen LogP contribution is 2.21. The van der Waals surface area contributed by atoms with E-state index in [0.717, 1.165) is 10.8 Å². The summed E-state index contributed by atoms with van der Waals surface area (Å²) in [6, 6.07) is 18.0. The summed E-state index contributed by atoms with van der Waals surface area (Å²) in [5.41, 5.74) is 3.32. The van der Waals surface area contributed by atoms with Crippen molar-refractivity contribution in [2.24, 2.45) is 5.10 Å². The Balaban J connectivity index is 1.60. The number of carbonyl (C=O) groups excluding carboxylic acids is 2. The highest BCUT2D eigenvalue weighted by molar-refractivity contribution is 6.42. The molecule has 0 fully saturated rings. The minimum Gasteiger partial charge on any atom is -0.318 e. The summed E-state index contributed by atoms with van der Waals surface area (Å²) in [5, 5.41) is 9.07. The molecule has 0 spiro atoms. The van der Waals surface area contributed by atoms with E-state index < -0.39 is 11.8 Å². The summed E-state index contributed by atoms with van der Waals surface area (Å²) < 4.78 is 0. The number of benzene rings is 3. The molecule has 130 valence electrons. The maximum Gasteiger partial charge on any atom is 0.329 e. The molecule has 0 atom stereocenters. The molecule has 0 unspecified atom stereocenters. The molecule has 2 amide bonds. The molecule has 7 heteroatoms. The summed E-state index contributed by atoms with van der Waals surface area (Å²) in [5.74, 6) is -1.69. The molecule has 3 rings (SSSR count). The zero-order valence-corrected chi connectivity index (χ0v) is 14.9. The first-order valence-electron chi connectivity index (χ1n) is 7.61. The van der Waals surface area contributed by atoms with Gasteiger partial charge in [0.15, 0.2) is 0 Å². The number of fused-ring (bicyclic) bond motifs is 1. The normalized spacial score (nSPS) is 10.8. The average molecular weight is 386 g/mol. The molecule has 0 aliphatic carbocycles. The number of hydrogen-bond acceptors (Lipinski definition) is 3. The minimum atomic E-state index is -0.880. The molecule has 0 bridgehead atoms. The van der Waals surface area contributed by atoms with Gasteiger partial charge in [0, 0.05) is 5.69 Å². The van der Waals surface area contributed by atoms with E-state index in [9.17, 15) is 9.59 Å². The quantitative estimate of drug-likeness (QED) is 0.402. The number of rotatable bonds is 3. The van der Waals surface area contributed by atoms with E-state index in [1.807, 2.05) is 30.3 Å². The second-order valence-electron chi connectivity index (χ2n) is 5.39. The second kappa shape index (κ2) is 7.99. The van der Waals surface area contributed by atoms with Crippen molar-refractivity contribution in [2.75, 3.05) is 5.32 Å². The van der Waals surface area contributed by atoms with Crippen molar-refractivity contribution >= 4 is 57.7 Å². The molecule has 0 saturated heterocycles. The number of halogens is 2. The van der Waals surface area contributed by atoms with E-state index in [1.54, 1.807) is 30.3 Å². The molecule has 0 heterocycles. The van der Waals surface area contributed by atoms with Gasteiger partial charge in [0.2, 0.25) is 0 Å². The summed E-state index contributed by atoms with van der Waals surface area (Å²) in [6.07, 6.45) is 1.36. The second-order valence-corrected chi connectivity index (χ2v) is 6.20. The van der Waals surface area contributed by atoms with Crippen LogP contribution in [0.15, 0.2) is 65.8 Å². The maximum atomic E-state index is 12.0. The highest BCUT2D eigenvalue weighted by Gasteiger charge is 2.13. The first-order valence-corrected chi connectivity index (χ1v) is 8.37. The summed E-state index contributed by atoms with van der Waals surface area (Å²) in [4.78, 5) is 23.8. The molecule has 3 aromatic rings. The van der Waals surface area contributed by atoms with Crippen molar-refractivity contribution in [2.45, 2.75) is 0 Å². The standard InChI is InChI=1S/C19H13Cl2N3O2/c20-16-8-5-12(9-17(16)21)11-22-24-19(26)18(25)23-15-7-6-13-3-1-2-4-14(13)10-15/h1-11H,(H,23,25)(H,24,26)/b22-11-. The largest absolute Gasteiger partial charge is 0.329 e. The van der Waals surface area contributed by atoms with Crippen LogP contribution in [0, 0.1) is 0 Å². The average Bonchev–Trinajstić information content (AvgIpc) is 2.64. The molecular formula is C19H13Cl2N3O2. The van der Waals surface area contributed by atoms with E-state index in [0.29, 0.717) is 21.3 Å². The van der Waals surface area contributed by atoms with Gasteiger partial charge in [0.25, 0.3) is 0 Å². The zero-order chi connectivity index (χ0) is 18.5. The Morgan fingerprint density at radius 1 is 0.846 bits per heavy atom. The number of nitrogens with one attached hydrogen (secondary N) is 2. The molecular weight excluding hydrogens is 373 g/mol. The van der Waals surface area contributed by atoms with Crippen LogP contribution in [-0.2, 0) is 9.59 Å². The van der Waals surface area contributed by atoms with E-state index >= 15 is 0 Å². The van der Waals surface area contributed by atoms with Gasteiger partial charge in [-0.15, -0.1) is 0 Å². The third-order valence-electron chi connectivity index (χ3n) is 3.54. The van der Waals surface area contributed by atoms with Crippen molar-refractivity contribution in [1.29, 1.82) is 0 Å². The number of hydrogen-bond donors (Lipinski definition) is 2. The van der Waals surface area contributed by atoms with E-state index in [2.05, 4.69) is 15.8 Å². The maximum absolute atomic E-state index is 12.0. The van der Waals surface area contributed by atoms with Crippen molar-refractivity contribution in [1.82, 2.24) is 5.43 Å². The first kappa shape index (κ1) is 17.9. The third-order valence-corrected chi connectivity index (χ3v) is 4.28. The van der Waals surface area contributed by atoms with E-state index in [-0.39, 0.29) is 0 Å². The van der Waals surface area contributed by atoms with Crippen LogP contribution >= 0.6 is 23.2 Å². The predicted octanol–water partition coefficient (Wildman–Crippen LogP) is 4.24. The Bertz CT molecular complexity index is 1020. The van der Waals surface area contributed by atoms with Gasteiger partial charge in [0.1, 0.15) is 0 Å². The molecule has 0 aliphatic heterocycles. The molecule has 0 saturated carbocycles. The number of nitrogens with zero attached hydrogens (tertiary/aromatic N) is 1. The monoisotopic (exact) mass is 385 g/mol. The first-order chi connectivity index (χ1) is 12.5. The smallest absolute Gasteiger partial charge is 0.318 e. The van der Waals surface area contributed by atoms with Crippen molar-refractivity contribution in [3.8, 4) is 0 Å². The number of carbonyl (C=O) groups is 2. The zero-order valence-electron chi connectivity index (χ0n) is 13.4. The predicted molar refractivity (Wildman–Crippen MR) is 105 cm³/mol. The Morgan fingerprint density at radius 3 is 2.38 bits per heavy atom. The van der Waals surface area contributed by atoms with Crippen molar-refractivity contribution < 1.29 is 9.59 Å². The van der Waals surface area contributed by atoms with Gasteiger partial charge in [-0.05, 0) is 40.6 Å². The van der Waals surface area contributed by atoms with Crippen LogP contribution in [-0.4, -0.2) is 18.0 Å². The van der Waals surface area contributed by atoms with E-state index in [1.165, 1.54) is 6.21 Å². The van der Waals surface area contributed by atoms with E-state index in [4.69, 9.17) is 23.2 Å². The summed E-state index contributed by atoms with van der Waals surface area (Å²) in [6.45, 7) is 0. The molecule has 0 radical (unpaired) electrons. The fraction of sp³-hybridized carbons (Fsp3) is 0. The number of anilines is 1. The van der Waals surface area contributed by atoms with Gasteiger partial charge < -0.3 is 5.32 Å². The Labute approximate surface area is 159 Å². The molecule has 26 heavy (non-hydrogen) atoms. The number of amides is 2.